The number of aromatic nitrogens is 2. The number of carbonyl (C=O) groups excluding carboxylic acids is 1. The molecule has 2 N–H and O–H groups in total. The summed E-state index contributed by atoms with van der Waals surface area (Å²) in [6, 6.07) is 3.69. The Bertz CT molecular complexity index is 1410. The second-order valence-electron chi connectivity index (χ2n) is 9.04. The molecule has 1 aliphatic carbocycles. The first kappa shape index (κ1) is 20.9. The van der Waals surface area contributed by atoms with E-state index in [-0.39, 0.29) is 45.2 Å². The number of hydrogen-bond acceptors (Lipinski definition) is 7. The van der Waals surface area contributed by atoms with Gasteiger partial charge in [0.05, 0.1) is 10.5 Å². The summed E-state index contributed by atoms with van der Waals surface area (Å²) in [5.74, 6) is 0.132. The first-order valence-corrected chi connectivity index (χ1v) is 12.7. The van der Waals surface area contributed by atoms with E-state index in [9.17, 15) is 18.0 Å². The molecule has 2 saturated heterocycles. The summed E-state index contributed by atoms with van der Waals surface area (Å²) in [5, 5.41) is 6.90. The van der Waals surface area contributed by atoms with E-state index in [0.717, 1.165) is 18.6 Å². The smallest absolute Gasteiger partial charge is 0.408 e. The predicted octanol–water partition coefficient (Wildman–Crippen LogP) is 2.75. The van der Waals surface area contributed by atoms with Crippen LogP contribution in [-0.4, -0.2) is 46.9 Å². The number of hydrogen-bond donors (Lipinski definition) is 2. The van der Waals surface area contributed by atoms with Crippen molar-refractivity contribution >= 4 is 38.6 Å². The summed E-state index contributed by atoms with van der Waals surface area (Å²) < 4.78 is 38.9. The van der Waals surface area contributed by atoms with Gasteiger partial charge in [-0.25, -0.2) is 13.2 Å². The number of nitrogens with zero attached hydrogens (tertiary/aromatic N) is 2. The molecular formula is C21H21ClN4O6S. The van der Waals surface area contributed by atoms with Crippen molar-refractivity contribution in [3.63, 3.8) is 0 Å². The molecule has 174 valence electrons. The first-order valence-electron chi connectivity index (χ1n) is 10.9. The van der Waals surface area contributed by atoms with Crippen molar-refractivity contribution < 1.29 is 22.2 Å². The van der Waals surface area contributed by atoms with Gasteiger partial charge in [0, 0.05) is 36.2 Å². The molecular weight excluding hydrogens is 472 g/mol. The van der Waals surface area contributed by atoms with Crippen LogP contribution in [0.25, 0.3) is 11.1 Å². The fourth-order valence-corrected chi connectivity index (χ4v) is 7.54. The number of amides is 1. The van der Waals surface area contributed by atoms with Gasteiger partial charge in [0.25, 0.3) is 5.91 Å². The number of benzene rings is 1. The molecule has 1 saturated carbocycles. The van der Waals surface area contributed by atoms with E-state index in [0.29, 0.717) is 37.1 Å². The van der Waals surface area contributed by atoms with Gasteiger partial charge in [-0.2, -0.15) is 4.31 Å². The highest BCUT2D eigenvalue weighted by atomic mass is 35.5. The molecule has 1 amide bonds. The Morgan fingerprint density at radius 2 is 1.88 bits per heavy atom. The van der Waals surface area contributed by atoms with E-state index < -0.39 is 15.8 Å². The minimum Gasteiger partial charge on any atom is -0.408 e. The Morgan fingerprint density at radius 3 is 2.58 bits per heavy atom. The van der Waals surface area contributed by atoms with Crippen LogP contribution in [0.2, 0.25) is 5.02 Å². The molecule has 3 atom stereocenters. The van der Waals surface area contributed by atoms with Crippen molar-refractivity contribution in [1.29, 1.82) is 0 Å². The lowest BCUT2D eigenvalue weighted by Crippen LogP contribution is -2.52. The molecule has 1 unspecified atom stereocenters. The van der Waals surface area contributed by atoms with Gasteiger partial charge >= 0.3 is 5.76 Å². The Hall–Kier alpha value is -2.63. The molecule has 1 aromatic carbocycles. The molecule has 2 aliphatic heterocycles. The molecule has 6 rings (SSSR count). The second-order valence-corrected chi connectivity index (χ2v) is 11.3. The van der Waals surface area contributed by atoms with Gasteiger partial charge < -0.3 is 14.3 Å². The lowest BCUT2D eigenvalue weighted by Gasteiger charge is -2.38. The molecule has 33 heavy (non-hydrogen) atoms. The average Bonchev–Trinajstić information content (AvgIpc) is 3.25. The van der Waals surface area contributed by atoms with E-state index in [1.54, 1.807) is 6.07 Å². The number of sulfonamides is 1. The highest BCUT2D eigenvalue weighted by molar-refractivity contribution is 7.89. The Morgan fingerprint density at radius 1 is 1.15 bits per heavy atom. The van der Waals surface area contributed by atoms with Crippen molar-refractivity contribution in [2.24, 2.45) is 0 Å². The van der Waals surface area contributed by atoms with E-state index in [2.05, 4.69) is 15.5 Å². The van der Waals surface area contributed by atoms with Gasteiger partial charge in [0.1, 0.15) is 10.7 Å². The molecule has 2 bridgehead atoms. The number of nitrogens with one attached hydrogen (secondary N) is 2. The van der Waals surface area contributed by atoms with Gasteiger partial charge in [-0.05, 0) is 44.6 Å². The van der Waals surface area contributed by atoms with Gasteiger partial charge in [-0.3, -0.25) is 9.78 Å². The van der Waals surface area contributed by atoms with Crippen LogP contribution >= 0.6 is 11.6 Å². The zero-order chi connectivity index (χ0) is 22.9. The number of oxazole rings is 1. The van der Waals surface area contributed by atoms with E-state index in [4.69, 9.17) is 20.5 Å². The Labute approximate surface area is 193 Å². The maximum absolute atomic E-state index is 13.5. The van der Waals surface area contributed by atoms with Crippen LogP contribution < -0.4 is 11.1 Å². The van der Waals surface area contributed by atoms with Gasteiger partial charge in [-0.1, -0.05) is 16.8 Å². The Kier molecular flexibility index (Phi) is 4.72. The normalized spacial score (nSPS) is 25.5. The zero-order valence-electron chi connectivity index (χ0n) is 17.4. The minimum atomic E-state index is -3.93. The molecule has 0 spiro atoms. The van der Waals surface area contributed by atoms with Gasteiger partial charge in [-0.15, -0.1) is 0 Å². The summed E-state index contributed by atoms with van der Waals surface area (Å²) in [7, 11) is -3.93. The molecule has 4 heterocycles. The van der Waals surface area contributed by atoms with Crippen LogP contribution in [0.4, 0.5) is 0 Å². The molecule has 3 fully saturated rings. The molecule has 0 radical (unpaired) electrons. The summed E-state index contributed by atoms with van der Waals surface area (Å²) in [6.07, 6.45) is 4.50. The van der Waals surface area contributed by atoms with E-state index >= 15 is 0 Å². The van der Waals surface area contributed by atoms with Crippen LogP contribution in [-0.2, 0) is 10.0 Å². The van der Waals surface area contributed by atoms with E-state index in [1.807, 2.05) is 0 Å². The van der Waals surface area contributed by atoms with Crippen LogP contribution in [0.1, 0.15) is 60.7 Å². The fraction of sp³-hybridized carbons (Fsp3) is 0.476. The van der Waals surface area contributed by atoms with Crippen LogP contribution in [0.5, 0.6) is 0 Å². The maximum Gasteiger partial charge on any atom is 0.417 e. The number of aromatic amines is 1. The average molecular weight is 493 g/mol. The quantitative estimate of drug-likeness (QED) is 0.558. The lowest BCUT2D eigenvalue weighted by molar-refractivity contribution is 0.0900. The van der Waals surface area contributed by atoms with Crippen molar-refractivity contribution in [2.75, 3.05) is 0 Å². The molecule has 10 nitrogen and oxygen atoms in total. The third kappa shape index (κ3) is 3.58. The lowest BCUT2D eigenvalue weighted by atomic mass is 9.99. The highest BCUT2D eigenvalue weighted by Gasteiger charge is 2.48. The SMILES string of the molecule is O=C(NC1C[C@H]2CC[C@@H](C1)N2S(=O)(=O)c1cc2oc(=O)[nH]c2cc1Cl)c1cc(C2CC2)on1. The molecule has 2 aromatic heterocycles. The summed E-state index contributed by atoms with van der Waals surface area (Å²) in [5.41, 5.74) is 0.731. The summed E-state index contributed by atoms with van der Waals surface area (Å²) >= 11 is 6.28. The first-order chi connectivity index (χ1) is 15.8. The van der Waals surface area contributed by atoms with Crippen molar-refractivity contribution in [3.05, 3.63) is 45.2 Å². The molecule has 12 heteroatoms. The number of rotatable bonds is 5. The van der Waals surface area contributed by atoms with Crippen LogP contribution in [0.15, 0.2) is 36.8 Å². The predicted molar refractivity (Wildman–Crippen MR) is 117 cm³/mol. The number of H-pyrrole nitrogens is 1. The topological polar surface area (TPSA) is 139 Å². The minimum absolute atomic E-state index is 0.0203. The number of piperidine rings is 1. The summed E-state index contributed by atoms with van der Waals surface area (Å²) in [4.78, 5) is 26.5. The third-order valence-electron chi connectivity index (χ3n) is 6.77. The number of halogens is 1. The highest BCUT2D eigenvalue weighted by Crippen LogP contribution is 2.42. The molecule has 3 aromatic rings. The van der Waals surface area contributed by atoms with Crippen molar-refractivity contribution in [2.45, 2.75) is 67.5 Å². The standard InChI is InChI=1S/C21H21ClN4O6S/c22-14-7-15-18(31-21(28)24-15)9-19(14)33(29,30)26-12-3-4-13(26)6-11(5-12)23-20(27)16-8-17(32-25-16)10-1-2-10/h7-13H,1-6H2,(H,23,27)(H,24,28)/t11?,12-,13+. The van der Waals surface area contributed by atoms with Gasteiger partial charge in [0.15, 0.2) is 11.3 Å². The second kappa shape index (κ2) is 7.44. The van der Waals surface area contributed by atoms with Crippen molar-refractivity contribution in [1.82, 2.24) is 19.8 Å². The Balaban J connectivity index is 1.21. The van der Waals surface area contributed by atoms with Crippen LogP contribution in [0, 0.1) is 0 Å². The summed E-state index contributed by atoms with van der Waals surface area (Å²) in [6.45, 7) is 0. The van der Waals surface area contributed by atoms with Crippen molar-refractivity contribution in [3.8, 4) is 0 Å². The fourth-order valence-electron chi connectivity index (χ4n) is 5.12. The van der Waals surface area contributed by atoms with E-state index in [1.165, 1.54) is 16.4 Å². The van der Waals surface area contributed by atoms with Crippen LogP contribution in [0.3, 0.4) is 0 Å². The largest absolute Gasteiger partial charge is 0.417 e. The number of carbonyl (C=O) groups is 1. The molecule has 3 aliphatic rings. The van der Waals surface area contributed by atoms with Gasteiger partial charge in [0.2, 0.25) is 10.0 Å². The maximum atomic E-state index is 13.5. The number of fused-ring (bicyclic) bond motifs is 3. The third-order valence-corrected chi connectivity index (χ3v) is 9.24. The zero-order valence-corrected chi connectivity index (χ0v) is 19.0. The monoisotopic (exact) mass is 492 g/mol.